The molecular formula is C66H114N2. The van der Waals surface area contributed by atoms with Crippen LogP contribution in [0.15, 0.2) is 76.7 Å². The molecular weight excluding hydrogens is 821 g/mol. The highest BCUT2D eigenvalue weighted by Crippen LogP contribution is 2.23. The van der Waals surface area contributed by atoms with Crippen LogP contribution in [0.4, 0.5) is 11.4 Å². The lowest BCUT2D eigenvalue weighted by molar-refractivity contribution is 0.514. The zero-order valence-electron chi connectivity index (χ0n) is 45.8. The first-order valence-corrected chi connectivity index (χ1v) is 30.7. The summed E-state index contributed by atoms with van der Waals surface area (Å²) in [7, 11) is 0. The molecule has 0 aromatic heterocycles. The highest BCUT2D eigenvalue weighted by Gasteiger charge is 2.05. The van der Waals surface area contributed by atoms with Crippen LogP contribution < -0.4 is 0 Å². The van der Waals surface area contributed by atoms with Crippen LogP contribution in [0.2, 0.25) is 0 Å². The van der Waals surface area contributed by atoms with Gasteiger partial charge in [-0.1, -0.05) is 326 Å². The second kappa shape index (κ2) is 50.9. The molecule has 0 unspecified atom stereocenters. The van der Waals surface area contributed by atoms with Crippen molar-refractivity contribution in [1.82, 2.24) is 0 Å². The van der Waals surface area contributed by atoms with E-state index in [-0.39, 0.29) is 0 Å². The van der Waals surface area contributed by atoms with Crippen LogP contribution in [0.1, 0.15) is 321 Å². The number of hydrogen-bond acceptors (Lipinski definition) is 2. The van der Waals surface area contributed by atoms with E-state index < -0.39 is 0 Å². The molecule has 2 heteroatoms. The first-order valence-electron chi connectivity index (χ1n) is 30.7. The largest absolute Gasteiger partial charge is 0.255 e. The molecule has 0 aliphatic rings. The lowest BCUT2D eigenvalue weighted by Gasteiger charge is -2.08. The number of nitrogens with zero attached hydrogens (tertiary/aromatic N) is 2. The average molecular weight is 936 g/mol. The molecule has 0 spiro atoms. The third-order valence-electron chi connectivity index (χ3n) is 14.6. The molecule has 68 heavy (non-hydrogen) atoms. The average Bonchev–Trinajstić information content (AvgIpc) is 3.36. The molecule has 2 aromatic rings. The second-order valence-electron chi connectivity index (χ2n) is 21.2. The Morgan fingerprint density at radius 2 is 0.662 bits per heavy atom. The fourth-order valence-electron chi connectivity index (χ4n) is 10.1. The molecule has 0 N–H and O–H groups in total. The van der Waals surface area contributed by atoms with Crippen molar-refractivity contribution in [2.24, 2.45) is 9.98 Å². The molecule has 0 aliphatic heterocycles. The number of rotatable bonds is 52. The normalized spacial score (nSPS) is 12.1. The van der Waals surface area contributed by atoms with Crippen molar-refractivity contribution in [3.8, 4) is 0 Å². The van der Waals surface area contributed by atoms with Crippen LogP contribution in [-0.4, -0.2) is 11.9 Å². The Bertz CT molecular complexity index is 1390. The second-order valence-corrected chi connectivity index (χ2v) is 21.2. The molecule has 0 aliphatic carbocycles. The Morgan fingerprint density at radius 1 is 0.338 bits per heavy atom. The number of allylic oxidation sites excluding steroid dienone is 2. The monoisotopic (exact) mass is 935 g/mol. The summed E-state index contributed by atoms with van der Waals surface area (Å²) in [5.41, 5.74) is 4.60. The van der Waals surface area contributed by atoms with Gasteiger partial charge >= 0.3 is 0 Å². The summed E-state index contributed by atoms with van der Waals surface area (Å²) in [6, 6.07) is 19.2. The Labute approximate surface area is 425 Å². The van der Waals surface area contributed by atoms with E-state index in [2.05, 4.69) is 80.6 Å². The number of benzene rings is 2. The van der Waals surface area contributed by atoms with Gasteiger partial charge in [-0.3, -0.25) is 9.98 Å². The van der Waals surface area contributed by atoms with E-state index in [0.717, 1.165) is 36.3 Å². The SMILES string of the molecule is CCCCCCCCCCCCCCCCCC=CCCCc1ccccc1N=C(C=Nc1ccccc1)CCCCCCCCCCCCCCCCCCCCCCCCCCCCCC. The van der Waals surface area contributed by atoms with Gasteiger partial charge in [0, 0.05) is 6.21 Å². The Kier molecular flexibility index (Phi) is 46.1. The van der Waals surface area contributed by atoms with E-state index in [1.165, 1.54) is 295 Å². The van der Waals surface area contributed by atoms with Gasteiger partial charge in [0.1, 0.15) is 0 Å². The van der Waals surface area contributed by atoms with Crippen molar-refractivity contribution < 1.29 is 0 Å². The highest BCUT2D eigenvalue weighted by atomic mass is 14.8. The van der Waals surface area contributed by atoms with Gasteiger partial charge < -0.3 is 0 Å². The topological polar surface area (TPSA) is 24.7 Å². The molecule has 388 valence electrons. The molecule has 0 heterocycles. The fourth-order valence-corrected chi connectivity index (χ4v) is 10.1. The summed E-state index contributed by atoms with van der Waals surface area (Å²) in [5.74, 6) is 0. The van der Waals surface area contributed by atoms with Gasteiger partial charge in [0.25, 0.3) is 0 Å². The highest BCUT2D eigenvalue weighted by molar-refractivity contribution is 6.31. The number of unbranched alkanes of at least 4 members (excludes halogenated alkanes) is 43. The van der Waals surface area contributed by atoms with Crippen LogP contribution in [0.3, 0.4) is 0 Å². The number of aryl methyl sites for hydroxylation is 1. The minimum atomic E-state index is 0.992. The zero-order valence-corrected chi connectivity index (χ0v) is 45.8. The van der Waals surface area contributed by atoms with Gasteiger partial charge in [0.15, 0.2) is 0 Å². The molecule has 2 aromatic carbocycles. The molecule has 2 rings (SSSR count). The van der Waals surface area contributed by atoms with E-state index in [4.69, 9.17) is 9.98 Å². The Hall–Kier alpha value is -2.48. The van der Waals surface area contributed by atoms with Crippen LogP contribution in [0.25, 0.3) is 0 Å². The van der Waals surface area contributed by atoms with Gasteiger partial charge in [-0.25, -0.2) is 0 Å². The molecule has 0 atom stereocenters. The van der Waals surface area contributed by atoms with Crippen molar-refractivity contribution in [1.29, 1.82) is 0 Å². The van der Waals surface area contributed by atoms with Crippen molar-refractivity contribution in [2.45, 2.75) is 322 Å². The number of aliphatic imine (C=N–C) groups is 2. The predicted molar refractivity (Wildman–Crippen MR) is 309 cm³/mol. The lowest BCUT2D eigenvalue weighted by atomic mass is 10.0. The van der Waals surface area contributed by atoms with Gasteiger partial charge in [-0.15, -0.1) is 0 Å². The molecule has 0 fully saturated rings. The van der Waals surface area contributed by atoms with E-state index in [1.807, 2.05) is 6.21 Å². The van der Waals surface area contributed by atoms with Gasteiger partial charge in [-0.05, 0) is 68.7 Å². The van der Waals surface area contributed by atoms with E-state index >= 15 is 0 Å². The molecule has 0 amide bonds. The minimum absolute atomic E-state index is 0.992. The summed E-state index contributed by atoms with van der Waals surface area (Å²) in [6.45, 7) is 4.62. The summed E-state index contributed by atoms with van der Waals surface area (Å²) < 4.78 is 0. The Balaban J connectivity index is 1.49. The first kappa shape index (κ1) is 61.6. The van der Waals surface area contributed by atoms with E-state index in [9.17, 15) is 0 Å². The first-order chi connectivity index (χ1) is 33.8. The molecule has 0 radical (unpaired) electrons. The van der Waals surface area contributed by atoms with Crippen molar-refractivity contribution in [2.75, 3.05) is 0 Å². The van der Waals surface area contributed by atoms with Crippen molar-refractivity contribution >= 4 is 23.3 Å². The van der Waals surface area contributed by atoms with Crippen LogP contribution in [0, 0.1) is 0 Å². The smallest absolute Gasteiger partial charge is 0.0665 e. The summed E-state index contributed by atoms with van der Waals surface area (Å²) in [5, 5.41) is 0. The predicted octanol–water partition coefficient (Wildman–Crippen LogP) is 23.6. The van der Waals surface area contributed by atoms with Crippen LogP contribution >= 0.6 is 0 Å². The van der Waals surface area contributed by atoms with E-state index in [1.54, 1.807) is 0 Å². The van der Waals surface area contributed by atoms with Crippen LogP contribution in [-0.2, 0) is 6.42 Å². The lowest BCUT2D eigenvalue weighted by Crippen LogP contribution is -2.00. The third kappa shape index (κ3) is 41.3. The maximum atomic E-state index is 5.26. The molecule has 0 saturated heterocycles. The molecule has 2 nitrogen and oxygen atoms in total. The van der Waals surface area contributed by atoms with Gasteiger partial charge in [0.2, 0.25) is 0 Å². The summed E-state index contributed by atoms with van der Waals surface area (Å²) in [4.78, 5) is 10.1. The maximum absolute atomic E-state index is 5.26. The summed E-state index contributed by atoms with van der Waals surface area (Å²) >= 11 is 0. The van der Waals surface area contributed by atoms with Gasteiger partial charge in [0.05, 0.1) is 17.1 Å². The summed E-state index contributed by atoms with van der Waals surface area (Å²) in [6.07, 6.45) is 74.2. The van der Waals surface area contributed by atoms with Crippen molar-refractivity contribution in [3.05, 3.63) is 72.3 Å². The third-order valence-corrected chi connectivity index (χ3v) is 14.6. The maximum Gasteiger partial charge on any atom is 0.0665 e. The Morgan fingerprint density at radius 3 is 1.06 bits per heavy atom. The van der Waals surface area contributed by atoms with E-state index in [0.29, 0.717) is 0 Å². The fraction of sp³-hybridized carbons (Fsp3) is 0.758. The van der Waals surface area contributed by atoms with Gasteiger partial charge in [-0.2, -0.15) is 0 Å². The molecule has 0 saturated carbocycles. The minimum Gasteiger partial charge on any atom is -0.255 e. The number of hydrogen-bond donors (Lipinski definition) is 0. The van der Waals surface area contributed by atoms with Crippen molar-refractivity contribution in [3.63, 3.8) is 0 Å². The molecule has 0 bridgehead atoms. The van der Waals surface area contributed by atoms with Crippen LogP contribution in [0.5, 0.6) is 0 Å². The quantitative estimate of drug-likeness (QED) is 0.0359. The number of para-hydroxylation sites is 2. The zero-order chi connectivity index (χ0) is 48.2. The standard InChI is InChI=1S/C66H114N2/c1-3-5-7-9-11-13-15-17-19-21-23-25-26-27-28-29-30-31-32-34-36-38-40-42-44-46-48-51-60-65(62-67-64-58-52-49-53-59-64)68-66-61-55-54-57-63(66)56-50-47-45-43-41-39-37-35-33-24-22-20-18-16-14-12-10-8-6-4-2/h43,45,49,52-55,57-59,61-62H,3-42,44,46-48,50-51,56,60H2,1-2H3.